The number of alkyl halides is 1. The van der Waals surface area contributed by atoms with Crippen molar-refractivity contribution in [2.24, 2.45) is 5.92 Å². The lowest BCUT2D eigenvalue weighted by atomic mass is 9.83. The van der Waals surface area contributed by atoms with Crippen LogP contribution in [0.15, 0.2) is 16.9 Å². The van der Waals surface area contributed by atoms with Crippen LogP contribution < -0.4 is 5.56 Å². The summed E-state index contributed by atoms with van der Waals surface area (Å²) in [6.45, 7) is 4.01. The molecule has 0 aliphatic carbocycles. The van der Waals surface area contributed by atoms with Crippen molar-refractivity contribution in [1.82, 2.24) is 9.47 Å². The minimum absolute atomic E-state index is 0.0954. The van der Waals surface area contributed by atoms with Gasteiger partial charge in [-0.1, -0.05) is 27.5 Å². The molecule has 2 aliphatic rings. The van der Waals surface area contributed by atoms with Gasteiger partial charge in [0.15, 0.2) is 0 Å². The lowest BCUT2D eigenvalue weighted by molar-refractivity contribution is 0.127. The van der Waals surface area contributed by atoms with Gasteiger partial charge in [-0.25, -0.2) is 0 Å². The van der Waals surface area contributed by atoms with E-state index in [9.17, 15) is 4.79 Å². The molecular formula is C13H16BrClN2O. The molecule has 5 heteroatoms. The van der Waals surface area contributed by atoms with Crippen LogP contribution in [0, 0.1) is 5.92 Å². The third kappa shape index (κ3) is 2.15. The first-order valence-electron chi connectivity index (χ1n) is 6.36. The zero-order chi connectivity index (χ0) is 12.7. The van der Waals surface area contributed by atoms with E-state index in [1.807, 2.05) is 4.57 Å². The van der Waals surface area contributed by atoms with Crippen LogP contribution in [0.1, 0.15) is 18.0 Å². The van der Waals surface area contributed by atoms with E-state index in [1.54, 1.807) is 12.1 Å². The molecule has 1 fully saturated rings. The van der Waals surface area contributed by atoms with Crippen LogP contribution in [0.25, 0.3) is 0 Å². The summed E-state index contributed by atoms with van der Waals surface area (Å²) in [4.78, 5) is 14.4. The number of hydrogen-bond donors (Lipinski definition) is 0. The highest BCUT2D eigenvalue weighted by molar-refractivity contribution is 9.09. The second-order valence-corrected chi connectivity index (χ2v) is 6.46. The van der Waals surface area contributed by atoms with Gasteiger partial charge in [-0.15, -0.1) is 0 Å². The molecular weight excluding hydrogens is 316 g/mol. The molecule has 0 spiro atoms. The fraction of sp³-hybridized carbons (Fsp3) is 0.615. The molecule has 3 nitrogen and oxygen atoms in total. The lowest BCUT2D eigenvalue weighted by Gasteiger charge is -2.43. The zero-order valence-corrected chi connectivity index (χ0v) is 12.5. The number of pyridine rings is 1. The molecule has 0 saturated carbocycles. The predicted octanol–water partition coefficient (Wildman–Crippen LogP) is 2.32. The Balaban J connectivity index is 1.99. The van der Waals surface area contributed by atoms with Crippen LogP contribution in [0.2, 0.25) is 5.02 Å². The lowest BCUT2D eigenvalue weighted by Crippen LogP contribution is -2.47. The maximum absolute atomic E-state index is 11.9. The third-order valence-electron chi connectivity index (χ3n) is 4.01. The molecule has 0 unspecified atom stereocenters. The van der Waals surface area contributed by atoms with Crippen molar-refractivity contribution in [2.45, 2.75) is 18.9 Å². The van der Waals surface area contributed by atoms with Gasteiger partial charge in [0, 0.05) is 49.2 Å². The van der Waals surface area contributed by atoms with E-state index in [1.165, 1.54) is 6.42 Å². The predicted molar refractivity (Wildman–Crippen MR) is 76.8 cm³/mol. The molecule has 0 N–H and O–H groups in total. The van der Waals surface area contributed by atoms with Gasteiger partial charge in [0.05, 0.1) is 5.02 Å². The van der Waals surface area contributed by atoms with E-state index in [2.05, 4.69) is 20.8 Å². The van der Waals surface area contributed by atoms with Crippen LogP contribution >= 0.6 is 27.5 Å². The largest absolute Gasteiger partial charge is 0.310 e. The molecule has 98 valence electrons. The van der Waals surface area contributed by atoms with Crippen LogP contribution in [0.4, 0.5) is 0 Å². The number of halogens is 2. The van der Waals surface area contributed by atoms with Gasteiger partial charge >= 0.3 is 0 Å². The van der Waals surface area contributed by atoms with Crippen molar-refractivity contribution in [1.29, 1.82) is 0 Å². The summed E-state index contributed by atoms with van der Waals surface area (Å²) in [5.74, 6) is 1.00. The van der Waals surface area contributed by atoms with Crippen LogP contribution in [-0.2, 0) is 6.54 Å². The molecule has 0 radical (unpaired) electrons. The Kier molecular flexibility index (Phi) is 3.52. The van der Waals surface area contributed by atoms with E-state index in [4.69, 9.17) is 11.6 Å². The van der Waals surface area contributed by atoms with Gasteiger partial charge in [0.2, 0.25) is 0 Å². The smallest absolute Gasteiger partial charge is 0.250 e. The highest BCUT2D eigenvalue weighted by Crippen LogP contribution is 2.37. The molecule has 2 atom stereocenters. The van der Waals surface area contributed by atoms with Gasteiger partial charge in [-0.3, -0.25) is 4.79 Å². The van der Waals surface area contributed by atoms with Crippen molar-refractivity contribution in [3.8, 4) is 0 Å². The molecule has 3 rings (SSSR count). The number of nitrogens with zero attached hydrogens (tertiary/aromatic N) is 2. The van der Waals surface area contributed by atoms with Gasteiger partial charge in [0.25, 0.3) is 5.56 Å². The van der Waals surface area contributed by atoms with Crippen molar-refractivity contribution in [3.63, 3.8) is 0 Å². The SMILES string of the molecule is O=c1ccc(Cl)c2n1C[C@H]1C[C@@H]2CN(CCBr)C1. The minimum atomic E-state index is 0.0954. The highest BCUT2D eigenvalue weighted by atomic mass is 79.9. The van der Waals surface area contributed by atoms with Crippen LogP contribution in [0.5, 0.6) is 0 Å². The molecule has 1 aromatic heterocycles. The van der Waals surface area contributed by atoms with Crippen LogP contribution in [-0.4, -0.2) is 34.4 Å². The quantitative estimate of drug-likeness (QED) is 0.777. The topological polar surface area (TPSA) is 25.2 Å². The molecule has 2 bridgehead atoms. The highest BCUT2D eigenvalue weighted by Gasteiger charge is 2.35. The molecule has 2 aliphatic heterocycles. The van der Waals surface area contributed by atoms with Crippen molar-refractivity contribution in [2.75, 3.05) is 25.0 Å². The average Bonchev–Trinajstić information content (AvgIpc) is 2.34. The summed E-state index contributed by atoms with van der Waals surface area (Å²) >= 11 is 9.80. The summed E-state index contributed by atoms with van der Waals surface area (Å²) in [6, 6.07) is 3.34. The normalized spacial score (nSPS) is 27.0. The summed E-state index contributed by atoms with van der Waals surface area (Å²) in [5.41, 5.74) is 1.15. The van der Waals surface area contributed by atoms with Gasteiger partial charge in [-0.2, -0.15) is 0 Å². The van der Waals surface area contributed by atoms with E-state index in [0.717, 1.165) is 42.2 Å². The Hall–Kier alpha value is -0.320. The first kappa shape index (κ1) is 12.7. The van der Waals surface area contributed by atoms with E-state index < -0.39 is 0 Å². The molecule has 1 saturated heterocycles. The average molecular weight is 332 g/mol. The van der Waals surface area contributed by atoms with Crippen molar-refractivity contribution >= 4 is 27.5 Å². The Morgan fingerprint density at radius 1 is 1.33 bits per heavy atom. The monoisotopic (exact) mass is 330 g/mol. The molecule has 0 amide bonds. The number of piperidine rings is 1. The number of likely N-dealkylation sites (tertiary alicyclic amines) is 1. The second-order valence-electron chi connectivity index (χ2n) is 5.26. The van der Waals surface area contributed by atoms with Crippen molar-refractivity contribution < 1.29 is 0 Å². The summed E-state index contributed by atoms with van der Waals surface area (Å²) in [5, 5.41) is 1.75. The van der Waals surface area contributed by atoms with E-state index in [0.29, 0.717) is 11.8 Å². The van der Waals surface area contributed by atoms with E-state index in [-0.39, 0.29) is 5.56 Å². The molecule has 0 aromatic carbocycles. The number of aromatic nitrogens is 1. The summed E-state index contributed by atoms with van der Waals surface area (Å²) < 4.78 is 1.90. The van der Waals surface area contributed by atoms with E-state index >= 15 is 0 Å². The zero-order valence-electron chi connectivity index (χ0n) is 10.1. The Morgan fingerprint density at radius 2 is 2.17 bits per heavy atom. The first-order valence-corrected chi connectivity index (χ1v) is 7.86. The number of rotatable bonds is 2. The Bertz CT molecular complexity index is 516. The van der Waals surface area contributed by atoms with Gasteiger partial charge in [-0.05, 0) is 18.4 Å². The van der Waals surface area contributed by atoms with Crippen LogP contribution in [0.3, 0.4) is 0 Å². The number of fused-ring (bicyclic) bond motifs is 4. The molecule has 1 aromatic rings. The van der Waals surface area contributed by atoms with Crippen molar-refractivity contribution in [3.05, 3.63) is 33.2 Å². The third-order valence-corrected chi connectivity index (χ3v) is 4.69. The minimum Gasteiger partial charge on any atom is -0.310 e. The standard InChI is InChI=1S/C13H16BrClN2O/c14-3-4-16-6-9-5-10(8-16)13-11(15)1-2-12(18)17(13)7-9/h1-2,9-10H,3-8H2/t9-,10+/m0/s1. The first-order chi connectivity index (χ1) is 8.69. The Morgan fingerprint density at radius 3 is 2.94 bits per heavy atom. The fourth-order valence-electron chi connectivity index (χ4n) is 3.36. The fourth-order valence-corrected chi connectivity index (χ4v) is 4.19. The number of hydrogen-bond acceptors (Lipinski definition) is 2. The second kappa shape index (κ2) is 4.99. The van der Waals surface area contributed by atoms with Gasteiger partial charge < -0.3 is 9.47 Å². The molecule has 3 heterocycles. The summed E-state index contributed by atoms with van der Waals surface area (Å²) in [6.07, 6.45) is 1.17. The Labute approximate surface area is 120 Å². The summed E-state index contributed by atoms with van der Waals surface area (Å²) in [7, 11) is 0. The molecule has 18 heavy (non-hydrogen) atoms. The maximum atomic E-state index is 11.9. The maximum Gasteiger partial charge on any atom is 0.250 e. The van der Waals surface area contributed by atoms with Gasteiger partial charge in [0.1, 0.15) is 0 Å².